The molecule has 72 heavy (non-hydrogen) atoms. The lowest BCUT2D eigenvalue weighted by Gasteiger charge is -2.44. The maximum absolute atomic E-state index is 15.1. The average Bonchev–Trinajstić information content (AvgIpc) is 3.38. The number of aliphatic hydroxyl groups excluding tert-OH is 3. The van der Waals surface area contributed by atoms with E-state index in [0.717, 1.165) is 83.6 Å². The fraction of sp³-hybridized carbons (Fsp3) is 0.797. The lowest BCUT2D eigenvalue weighted by molar-refractivity contribution is -0.281. The van der Waals surface area contributed by atoms with Gasteiger partial charge in [0.2, 0.25) is 0 Å². The Morgan fingerprint density at radius 1 is 0.764 bits per heavy atom. The van der Waals surface area contributed by atoms with Crippen LogP contribution < -0.4 is 0 Å². The van der Waals surface area contributed by atoms with Gasteiger partial charge in [0.25, 0.3) is 0 Å². The summed E-state index contributed by atoms with van der Waals surface area (Å²) in [4.78, 5) is 41.3. The van der Waals surface area contributed by atoms with Crippen molar-refractivity contribution in [2.75, 3.05) is 79.7 Å². The van der Waals surface area contributed by atoms with Gasteiger partial charge in [-0.2, -0.15) is 0 Å². The van der Waals surface area contributed by atoms with Crippen LogP contribution in [-0.2, 0) is 30.3 Å². The Balaban J connectivity index is 1.35. The van der Waals surface area contributed by atoms with Gasteiger partial charge in [-0.15, -0.1) is 0 Å². The van der Waals surface area contributed by atoms with Gasteiger partial charge in [-0.05, 0) is 194 Å². The molecule has 0 bridgehead atoms. The van der Waals surface area contributed by atoms with Crippen molar-refractivity contribution in [3.05, 3.63) is 59.7 Å². The third kappa shape index (κ3) is 18.0. The Morgan fingerprint density at radius 3 is 1.96 bits per heavy atom. The molecule has 3 N–H and O–H groups in total. The fourth-order valence-electron chi connectivity index (χ4n) is 12.8. The zero-order valence-electron chi connectivity index (χ0n) is 45.8. The van der Waals surface area contributed by atoms with Crippen LogP contribution in [0.1, 0.15) is 143 Å². The SMILES string of the molecule is CCN(Cc1ccccc1)C[C@H]1/C=C(CC(C)N2CCCCC2)/C=C/C(=O)[C@@H](CC(C)N2CCCCC2)CC[C@@H](CCO[C@@H]2O[C@H](C)[C@@H](O)[C@H](N(C)C)[C@H]2O)[C@H](CC(C)N2CCCCC2)[C@H](O)CC(=O)OC1. The molecule has 0 radical (unpaired) electrons. The van der Waals surface area contributed by atoms with Crippen LogP contribution in [0.3, 0.4) is 0 Å². The topological polar surface area (TPSA) is 139 Å². The molecule has 5 aliphatic rings. The van der Waals surface area contributed by atoms with E-state index in [1.165, 1.54) is 50.5 Å². The minimum Gasteiger partial charge on any atom is -0.465 e. The van der Waals surface area contributed by atoms with Crippen molar-refractivity contribution < 1.29 is 39.1 Å². The molecule has 13 heteroatoms. The minimum absolute atomic E-state index is 0.115. The summed E-state index contributed by atoms with van der Waals surface area (Å²) in [5.74, 6) is -1.03. The van der Waals surface area contributed by atoms with E-state index in [4.69, 9.17) is 14.2 Å². The smallest absolute Gasteiger partial charge is 0.308 e. The van der Waals surface area contributed by atoms with Crippen LogP contribution in [0, 0.1) is 23.7 Å². The molecule has 1 aromatic rings. The second kappa shape index (κ2) is 30.3. The Bertz CT molecular complexity index is 1780. The molecule has 4 saturated heterocycles. The van der Waals surface area contributed by atoms with Crippen LogP contribution in [0.5, 0.6) is 0 Å². The highest BCUT2D eigenvalue weighted by Gasteiger charge is 2.45. The second-order valence-corrected chi connectivity index (χ2v) is 23.0. The predicted molar refractivity (Wildman–Crippen MR) is 287 cm³/mol. The summed E-state index contributed by atoms with van der Waals surface area (Å²) >= 11 is 0. The molecule has 0 spiro atoms. The third-order valence-corrected chi connectivity index (χ3v) is 17.3. The number of likely N-dealkylation sites (tertiary alicyclic amines) is 3. The van der Waals surface area contributed by atoms with Crippen molar-refractivity contribution in [3.8, 4) is 0 Å². The van der Waals surface area contributed by atoms with Gasteiger partial charge in [-0.25, -0.2) is 0 Å². The molecule has 0 amide bonds. The summed E-state index contributed by atoms with van der Waals surface area (Å²) in [5.41, 5.74) is 2.32. The number of hydrogen-bond donors (Lipinski definition) is 3. The summed E-state index contributed by atoms with van der Waals surface area (Å²) in [6.07, 6.45) is 16.6. The van der Waals surface area contributed by atoms with Crippen LogP contribution in [-0.4, -0.2) is 186 Å². The zero-order valence-corrected chi connectivity index (χ0v) is 45.8. The Morgan fingerprint density at radius 2 is 1.36 bits per heavy atom. The Hall–Kier alpha value is -2.56. The highest BCUT2D eigenvalue weighted by Crippen LogP contribution is 2.36. The number of carbonyl (C=O) groups is 2. The van der Waals surface area contributed by atoms with Gasteiger partial charge in [-0.3, -0.25) is 14.5 Å². The first-order valence-corrected chi connectivity index (χ1v) is 28.7. The number of ketones is 1. The summed E-state index contributed by atoms with van der Waals surface area (Å²) in [5, 5.41) is 34.9. The molecule has 5 aliphatic heterocycles. The van der Waals surface area contributed by atoms with Gasteiger partial charge >= 0.3 is 5.97 Å². The van der Waals surface area contributed by atoms with Crippen molar-refractivity contribution in [2.45, 2.75) is 199 Å². The van der Waals surface area contributed by atoms with E-state index >= 15 is 4.79 Å². The van der Waals surface area contributed by atoms with Crippen LogP contribution in [0.2, 0.25) is 0 Å². The van der Waals surface area contributed by atoms with Crippen molar-refractivity contribution in [3.63, 3.8) is 0 Å². The van der Waals surface area contributed by atoms with E-state index in [1.54, 1.807) is 6.92 Å². The maximum Gasteiger partial charge on any atom is 0.308 e. The first-order valence-electron chi connectivity index (χ1n) is 28.7. The molecule has 408 valence electrons. The number of likely N-dealkylation sites (N-methyl/N-ethyl adjacent to an activating group) is 1. The van der Waals surface area contributed by atoms with E-state index < -0.39 is 42.7 Å². The number of carbonyl (C=O) groups excluding carboxylic acids is 2. The molecular weight excluding hydrogens is 907 g/mol. The van der Waals surface area contributed by atoms with E-state index in [0.29, 0.717) is 32.2 Å². The van der Waals surface area contributed by atoms with Gasteiger partial charge in [0.05, 0.1) is 44.0 Å². The molecule has 4 fully saturated rings. The second-order valence-electron chi connectivity index (χ2n) is 23.0. The van der Waals surface area contributed by atoms with Crippen LogP contribution in [0.4, 0.5) is 0 Å². The average molecular weight is 1010 g/mol. The molecule has 13 atom stereocenters. The summed E-state index contributed by atoms with van der Waals surface area (Å²) < 4.78 is 18.8. The van der Waals surface area contributed by atoms with Gasteiger partial charge in [-0.1, -0.05) is 68.7 Å². The largest absolute Gasteiger partial charge is 0.465 e. The van der Waals surface area contributed by atoms with Crippen LogP contribution >= 0.6 is 0 Å². The first-order chi connectivity index (χ1) is 34.7. The number of allylic oxidation sites excluding steroid dienone is 2. The lowest BCUT2D eigenvalue weighted by Crippen LogP contribution is -2.62. The van der Waals surface area contributed by atoms with E-state index in [2.05, 4.69) is 83.7 Å². The fourth-order valence-corrected chi connectivity index (χ4v) is 12.8. The number of aliphatic hydroxyl groups is 3. The Labute approximate surface area is 435 Å². The molecule has 5 heterocycles. The maximum atomic E-state index is 15.1. The van der Waals surface area contributed by atoms with Gasteiger partial charge in [0.15, 0.2) is 12.1 Å². The molecule has 0 aromatic heterocycles. The molecule has 0 saturated carbocycles. The van der Waals surface area contributed by atoms with E-state index in [9.17, 15) is 20.1 Å². The highest BCUT2D eigenvalue weighted by atomic mass is 16.7. The quantitative estimate of drug-likeness (QED) is 0.117. The number of hydrogen-bond acceptors (Lipinski definition) is 13. The predicted octanol–water partition coefficient (Wildman–Crippen LogP) is 7.71. The van der Waals surface area contributed by atoms with Crippen molar-refractivity contribution >= 4 is 11.8 Å². The van der Waals surface area contributed by atoms with Crippen molar-refractivity contribution in [1.82, 2.24) is 24.5 Å². The van der Waals surface area contributed by atoms with Gasteiger partial charge in [0, 0.05) is 43.1 Å². The summed E-state index contributed by atoms with van der Waals surface area (Å²) in [6, 6.07) is 10.6. The molecule has 0 aliphatic carbocycles. The number of cyclic esters (lactones) is 1. The Kier molecular flexibility index (Phi) is 24.7. The standard InChI is InChI=1S/C59H99N5O8/c1-8-61(40-47-21-13-9-14-22-47)41-49-38-48(35-43(2)62-28-15-10-16-29-62)23-26-53(65)51(36-44(3)63-30-17-11-18-31-63)25-24-50(27-34-70-59-58(69)56(60(6)7)57(68)46(5)72-59)52(54(66)39-55(67)71-42-49)37-45(4)64-32-19-12-20-33-64/h9,13-14,21-23,26,38,43-46,49-52,54,56-59,66,68-69H,8,10-12,15-20,24-25,27-37,39-42H2,1-7H3/b26-23+,48-38-/t43?,44?,45?,46-,49-,50+,51-,52+,54-,56+,57-,58-,59-/m1/s1. The van der Waals surface area contributed by atoms with Crippen molar-refractivity contribution in [1.29, 1.82) is 0 Å². The number of ether oxygens (including phenoxy) is 3. The molecular formula is C59H99N5O8. The number of nitrogens with zero attached hydrogens (tertiary/aromatic N) is 5. The molecule has 13 nitrogen and oxygen atoms in total. The molecule has 6 rings (SSSR count). The lowest BCUT2D eigenvalue weighted by atomic mass is 9.75. The molecule has 1 aromatic carbocycles. The monoisotopic (exact) mass is 1010 g/mol. The summed E-state index contributed by atoms with van der Waals surface area (Å²) in [7, 11) is 3.67. The number of benzene rings is 1. The highest BCUT2D eigenvalue weighted by molar-refractivity contribution is 5.92. The molecule has 3 unspecified atom stereocenters. The van der Waals surface area contributed by atoms with Crippen LogP contribution in [0.15, 0.2) is 54.1 Å². The van der Waals surface area contributed by atoms with Crippen LogP contribution in [0.25, 0.3) is 0 Å². The first kappa shape index (κ1) is 58.7. The zero-order chi connectivity index (χ0) is 51.6. The summed E-state index contributed by atoms with van der Waals surface area (Å²) in [6.45, 7) is 19.8. The van der Waals surface area contributed by atoms with Crippen molar-refractivity contribution in [2.24, 2.45) is 23.7 Å². The normalized spacial score (nSPS) is 33.2. The minimum atomic E-state index is -1.07. The van der Waals surface area contributed by atoms with E-state index in [1.807, 2.05) is 31.1 Å². The third-order valence-electron chi connectivity index (χ3n) is 17.3. The van der Waals surface area contributed by atoms with Gasteiger partial charge in [0.1, 0.15) is 6.10 Å². The number of esters is 1. The van der Waals surface area contributed by atoms with Gasteiger partial charge < -0.3 is 49.1 Å². The van der Waals surface area contributed by atoms with E-state index in [-0.39, 0.29) is 67.2 Å². The number of piperidine rings is 3. The number of rotatable bonds is 19.